The van der Waals surface area contributed by atoms with Crippen molar-refractivity contribution in [1.82, 2.24) is 3.11 Å². The van der Waals surface area contributed by atoms with E-state index < -0.39 is 0 Å². The zero-order valence-corrected chi connectivity index (χ0v) is 9.20. The molecule has 1 amide bonds. The molecule has 0 N–H and O–H groups in total. The molecule has 0 saturated heterocycles. The van der Waals surface area contributed by atoms with Crippen molar-refractivity contribution in [2.75, 3.05) is 7.05 Å². The molecule has 2 nitrogen and oxygen atoms in total. The van der Waals surface area contributed by atoms with Crippen molar-refractivity contribution < 1.29 is 4.79 Å². The van der Waals surface area contributed by atoms with Crippen LogP contribution in [0.5, 0.6) is 0 Å². The molecule has 0 saturated carbocycles. The van der Waals surface area contributed by atoms with Crippen molar-refractivity contribution in [3.05, 3.63) is 35.4 Å². The normalized spacial score (nSPS) is 9.58. The van der Waals surface area contributed by atoms with Crippen LogP contribution in [0.15, 0.2) is 24.3 Å². The molecule has 0 radical (unpaired) electrons. The number of carbonyl (C=O) groups excluding carboxylic acids is 1. The van der Waals surface area contributed by atoms with Crippen molar-refractivity contribution >= 4 is 28.8 Å². The first-order valence-electron chi connectivity index (χ1n) is 3.62. The summed E-state index contributed by atoms with van der Waals surface area (Å²) in [6, 6.07) is 7.58. The third-order valence-corrected chi connectivity index (χ3v) is 2.09. The average molecular weight is 275 g/mol. The maximum atomic E-state index is 11.5. The molecular weight excluding hydrogens is 265 g/mol. The van der Waals surface area contributed by atoms with Crippen LogP contribution < -0.4 is 0 Å². The minimum Gasteiger partial charge on any atom is -0.284 e. The smallest absolute Gasteiger partial charge is 0.262 e. The van der Waals surface area contributed by atoms with Gasteiger partial charge in [-0.2, -0.15) is 0 Å². The molecule has 0 aliphatic rings. The molecule has 64 valence electrons. The van der Waals surface area contributed by atoms with E-state index in [1.807, 2.05) is 54.1 Å². The van der Waals surface area contributed by atoms with Gasteiger partial charge in [-0.3, -0.25) is 7.91 Å². The predicted octanol–water partition coefficient (Wildman–Crippen LogP) is 2.42. The zero-order valence-electron chi connectivity index (χ0n) is 7.04. The molecule has 1 rings (SSSR count). The highest BCUT2D eigenvalue weighted by atomic mass is 127. The van der Waals surface area contributed by atoms with Crippen LogP contribution in [0.4, 0.5) is 0 Å². The molecule has 0 aliphatic heterocycles. The summed E-state index contributed by atoms with van der Waals surface area (Å²) in [5.41, 5.74) is 1.79. The zero-order chi connectivity index (χ0) is 9.14. The van der Waals surface area contributed by atoms with Gasteiger partial charge in [-0.15, -0.1) is 0 Å². The van der Waals surface area contributed by atoms with Gasteiger partial charge in [0.1, 0.15) is 0 Å². The summed E-state index contributed by atoms with van der Waals surface area (Å²) in [5.74, 6) is 0.0497. The first kappa shape index (κ1) is 9.51. The molecule has 1 aromatic carbocycles. The van der Waals surface area contributed by atoms with Crippen molar-refractivity contribution in [2.24, 2.45) is 0 Å². The fourth-order valence-electron chi connectivity index (χ4n) is 0.979. The molecular formula is C9H10INO. The summed E-state index contributed by atoms with van der Waals surface area (Å²) >= 11 is 1.97. The van der Waals surface area contributed by atoms with Gasteiger partial charge in [-0.1, -0.05) is 18.2 Å². The van der Waals surface area contributed by atoms with E-state index in [4.69, 9.17) is 0 Å². The standard InChI is InChI=1S/C9H10INO/c1-7-5-3-4-6-8(7)9(12)11(2)10/h3-6H,1-2H3. The lowest BCUT2D eigenvalue weighted by Gasteiger charge is -2.09. The maximum absolute atomic E-state index is 11.5. The first-order chi connectivity index (χ1) is 5.63. The second-order valence-electron chi connectivity index (χ2n) is 2.60. The number of benzene rings is 1. The van der Waals surface area contributed by atoms with Crippen LogP contribution >= 0.6 is 22.9 Å². The molecule has 3 heteroatoms. The second kappa shape index (κ2) is 3.89. The van der Waals surface area contributed by atoms with E-state index in [-0.39, 0.29) is 5.91 Å². The Morgan fingerprint density at radius 3 is 2.50 bits per heavy atom. The van der Waals surface area contributed by atoms with Crippen LogP contribution in [0.1, 0.15) is 15.9 Å². The number of amides is 1. The van der Waals surface area contributed by atoms with Crippen molar-refractivity contribution in [1.29, 1.82) is 0 Å². The predicted molar refractivity (Wildman–Crippen MR) is 57.3 cm³/mol. The lowest BCUT2D eigenvalue weighted by Crippen LogP contribution is -2.16. The Kier molecular flexibility index (Phi) is 3.08. The summed E-state index contributed by atoms with van der Waals surface area (Å²) in [5, 5.41) is 0. The Bertz CT molecular complexity index is 296. The minimum absolute atomic E-state index is 0.0497. The third kappa shape index (κ3) is 1.97. The molecule has 12 heavy (non-hydrogen) atoms. The number of rotatable bonds is 1. The Balaban J connectivity index is 3.03. The summed E-state index contributed by atoms with van der Waals surface area (Å²) in [7, 11) is 1.75. The van der Waals surface area contributed by atoms with Gasteiger partial charge < -0.3 is 0 Å². The number of hydrogen-bond acceptors (Lipinski definition) is 1. The first-order valence-corrected chi connectivity index (χ1v) is 4.59. The Morgan fingerprint density at radius 2 is 2.00 bits per heavy atom. The van der Waals surface area contributed by atoms with E-state index in [0.29, 0.717) is 0 Å². The van der Waals surface area contributed by atoms with Gasteiger partial charge in [-0.05, 0) is 18.6 Å². The minimum atomic E-state index is 0.0497. The van der Waals surface area contributed by atoms with Crippen molar-refractivity contribution in [3.8, 4) is 0 Å². The van der Waals surface area contributed by atoms with E-state index >= 15 is 0 Å². The van der Waals surface area contributed by atoms with Gasteiger partial charge in [0.05, 0.1) is 22.9 Å². The highest BCUT2D eigenvalue weighted by molar-refractivity contribution is 14.1. The molecule has 0 unspecified atom stereocenters. The van der Waals surface area contributed by atoms with E-state index in [0.717, 1.165) is 11.1 Å². The number of nitrogens with zero attached hydrogens (tertiary/aromatic N) is 1. The number of halogens is 1. The van der Waals surface area contributed by atoms with Gasteiger partial charge >= 0.3 is 0 Å². The lowest BCUT2D eigenvalue weighted by atomic mass is 10.1. The average Bonchev–Trinajstić information content (AvgIpc) is 2.04. The van der Waals surface area contributed by atoms with E-state index in [9.17, 15) is 4.79 Å². The molecule has 0 fully saturated rings. The molecule has 0 heterocycles. The molecule has 0 atom stereocenters. The van der Waals surface area contributed by atoms with Crippen LogP contribution in [-0.2, 0) is 0 Å². The van der Waals surface area contributed by atoms with Crippen LogP contribution in [0.25, 0.3) is 0 Å². The highest BCUT2D eigenvalue weighted by Crippen LogP contribution is 2.11. The van der Waals surface area contributed by atoms with Gasteiger partial charge in [-0.25, -0.2) is 0 Å². The Labute approximate surface area is 86.1 Å². The van der Waals surface area contributed by atoms with Crippen LogP contribution in [0.3, 0.4) is 0 Å². The number of aryl methyl sites for hydroxylation is 1. The summed E-state index contributed by atoms with van der Waals surface area (Å²) in [4.78, 5) is 11.5. The van der Waals surface area contributed by atoms with Gasteiger partial charge in [0.25, 0.3) is 5.91 Å². The summed E-state index contributed by atoms with van der Waals surface area (Å²) < 4.78 is 1.56. The van der Waals surface area contributed by atoms with Crippen LogP contribution in [0, 0.1) is 6.92 Å². The molecule has 0 aliphatic carbocycles. The second-order valence-corrected chi connectivity index (χ2v) is 4.04. The lowest BCUT2D eigenvalue weighted by molar-refractivity contribution is 0.0905. The number of hydrogen-bond donors (Lipinski definition) is 0. The Morgan fingerprint density at radius 1 is 1.42 bits per heavy atom. The van der Waals surface area contributed by atoms with E-state index in [1.165, 1.54) is 0 Å². The molecule has 1 aromatic rings. The van der Waals surface area contributed by atoms with Gasteiger partial charge in [0.15, 0.2) is 0 Å². The fourth-order valence-corrected chi connectivity index (χ4v) is 1.24. The topological polar surface area (TPSA) is 20.3 Å². The summed E-state index contributed by atoms with van der Waals surface area (Å²) in [6.07, 6.45) is 0. The third-order valence-electron chi connectivity index (χ3n) is 1.66. The van der Waals surface area contributed by atoms with Crippen LogP contribution in [0.2, 0.25) is 0 Å². The highest BCUT2D eigenvalue weighted by Gasteiger charge is 2.10. The van der Waals surface area contributed by atoms with Gasteiger partial charge in [0, 0.05) is 12.6 Å². The molecule has 0 bridgehead atoms. The molecule has 0 spiro atoms. The largest absolute Gasteiger partial charge is 0.284 e. The fraction of sp³-hybridized carbons (Fsp3) is 0.222. The van der Waals surface area contributed by atoms with E-state index in [2.05, 4.69) is 0 Å². The number of carbonyl (C=O) groups is 1. The monoisotopic (exact) mass is 275 g/mol. The molecule has 0 aromatic heterocycles. The SMILES string of the molecule is Cc1ccccc1C(=O)N(C)I. The Hall–Kier alpha value is -0.580. The quantitative estimate of drug-likeness (QED) is 0.569. The van der Waals surface area contributed by atoms with E-state index in [1.54, 1.807) is 10.2 Å². The van der Waals surface area contributed by atoms with Gasteiger partial charge in [0.2, 0.25) is 0 Å². The summed E-state index contributed by atoms with van der Waals surface area (Å²) in [6.45, 7) is 1.94. The van der Waals surface area contributed by atoms with Crippen LogP contribution in [-0.4, -0.2) is 16.1 Å². The van der Waals surface area contributed by atoms with Crippen molar-refractivity contribution in [2.45, 2.75) is 6.92 Å². The van der Waals surface area contributed by atoms with Crippen molar-refractivity contribution in [3.63, 3.8) is 0 Å². The maximum Gasteiger partial charge on any atom is 0.262 e.